The molecule has 4 saturated carbocycles. The predicted octanol–water partition coefficient (Wildman–Crippen LogP) is 9.18. The zero-order valence-electron chi connectivity index (χ0n) is 24.1. The van der Waals surface area contributed by atoms with Gasteiger partial charge in [-0.25, -0.2) is 0 Å². The van der Waals surface area contributed by atoms with Crippen LogP contribution in [-0.2, 0) is 11.2 Å². The summed E-state index contributed by atoms with van der Waals surface area (Å²) in [7, 11) is 0. The molecule has 4 fully saturated rings. The van der Waals surface area contributed by atoms with E-state index in [1.54, 1.807) is 5.57 Å². The van der Waals surface area contributed by atoms with Crippen molar-refractivity contribution in [2.45, 2.75) is 112 Å². The third kappa shape index (κ3) is 3.52. The SMILES string of the molecule is CCCc1cccc(C2=CCC3(C)C(CCC4(C)C5CCC6(C(=O)O)CCCC6C5CCC43)C2(C)C)c1. The molecule has 2 nitrogen and oxygen atoms in total. The summed E-state index contributed by atoms with van der Waals surface area (Å²) < 4.78 is 0. The number of carbonyl (C=O) groups is 1. The van der Waals surface area contributed by atoms with Crippen LogP contribution in [-0.4, -0.2) is 11.1 Å². The number of carboxylic acids is 1. The smallest absolute Gasteiger partial charge is 0.309 e. The number of aryl methyl sites for hydroxylation is 1. The van der Waals surface area contributed by atoms with Gasteiger partial charge in [0.2, 0.25) is 0 Å². The first-order valence-electron chi connectivity index (χ1n) is 15.6. The van der Waals surface area contributed by atoms with Gasteiger partial charge in [0.25, 0.3) is 0 Å². The highest BCUT2D eigenvalue weighted by Crippen LogP contribution is 2.73. The molecule has 202 valence electrons. The Morgan fingerprint density at radius 3 is 2.49 bits per heavy atom. The molecular formula is C35H50O2. The van der Waals surface area contributed by atoms with Crippen LogP contribution >= 0.6 is 0 Å². The Hall–Kier alpha value is -1.57. The van der Waals surface area contributed by atoms with Crippen LogP contribution in [0.25, 0.3) is 5.57 Å². The molecule has 0 aliphatic heterocycles. The Labute approximate surface area is 225 Å². The molecule has 5 aliphatic rings. The molecule has 0 heterocycles. The van der Waals surface area contributed by atoms with Gasteiger partial charge in [-0.2, -0.15) is 0 Å². The molecule has 0 amide bonds. The molecule has 6 rings (SSSR count). The van der Waals surface area contributed by atoms with E-state index in [4.69, 9.17) is 0 Å². The van der Waals surface area contributed by atoms with Crippen LogP contribution in [0, 0.1) is 51.2 Å². The second-order valence-corrected chi connectivity index (χ2v) is 15.0. The number of carboxylic acid groups (broad SMARTS) is 1. The summed E-state index contributed by atoms with van der Waals surface area (Å²) in [6.07, 6.45) is 16.7. The van der Waals surface area contributed by atoms with E-state index in [0.717, 1.165) is 50.4 Å². The molecule has 8 unspecified atom stereocenters. The molecule has 0 aromatic heterocycles. The van der Waals surface area contributed by atoms with E-state index < -0.39 is 11.4 Å². The number of fused-ring (bicyclic) bond motifs is 7. The monoisotopic (exact) mass is 502 g/mol. The Kier molecular flexibility index (Phi) is 6.06. The maximum absolute atomic E-state index is 12.5. The van der Waals surface area contributed by atoms with Crippen molar-refractivity contribution in [3.05, 3.63) is 41.5 Å². The molecule has 1 aromatic rings. The van der Waals surface area contributed by atoms with E-state index in [1.165, 1.54) is 49.7 Å². The van der Waals surface area contributed by atoms with E-state index in [1.807, 2.05) is 0 Å². The fourth-order valence-corrected chi connectivity index (χ4v) is 11.9. The molecule has 8 atom stereocenters. The highest BCUT2D eigenvalue weighted by molar-refractivity contribution is 5.76. The van der Waals surface area contributed by atoms with Gasteiger partial charge in [0, 0.05) is 0 Å². The molecule has 2 heteroatoms. The van der Waals surface area contributed by atoms with Crippen molar-refractivity contribution in [2.75, 3.05) is 0 Å². The lowest BCUT2D eigenvalue weighted by atomic mass is 9.36. The van der Waals surface area contributed by atoms with Crippen LogP contribution < -0.4 is 0 Å². The van der Waals surface area contributed by atoms with Gasteiger partial charge in [-0.3, -0.25) is 4.79 Å². The summed E-state index contributed by atoms with van der Waals surface area (Å²) in [6, 6.07) is 9.39. The molecule has 0 spiro atoms. The highest BCUT2D eigenvalue weighted by Gasteiger charge is 2.66. The van der Waals surface area contributed by atoms with Gasteiger partial charge in [-0.15, -0.1) is 0 Å². The standard InChI is InChI=1S/C35H50O2/c1-6-9-23-10-7-11-24(22-23)26-15-19-34(5)29(32(26,2)3)17-20-33(4)27-16-21-35(31(36)37)18-8-12-28(35)25(27)13-14-30(33)34/h7,10-11,15,22,25,27-30H,6,8-9,12-14,16-21H2,1-5H3,(H,36,37). The number of allylic oxidation sites excluding steroid dienone is 2. The summed E-state index contributed by atoms with van der Waals surface area (Å²) in [5.41, 5.74) is 4.98. The van der Waals surface area contributed by atoms with Crippen molar-refractivity contribution in [3.8, 4) is 0 Å². The predicted molar refractivity (Wildman–Crippen MR) is 152 cm³/mol. The van der Waals surface area contributed by atoms with Gasteiger partial charge in [0.1, 0.15) is 0 Å². The second kappa shape index (κ2) is 8.72. The van der Waals surface area contributed by atoms with Crippen molar-refractivity contribution >= 4 is 11.5 Å². The van der Waals surface area contributed by atoms with Crippen LogP contribution in [0.1, 0.15) is 116 Å². The minimum Gasteiger partial charge on any atom is -0.481 e. The lowest BCUT2D eigenvalue weighted by molar-refractivity contribution is -0.187. The lowest BCUT2D eigenvalue weighted by Gasteiger charge is -2.68. The normalized spacial score (nSPS) is 44.1. The Bertz CT molecular complexity index is 1100. The van der Waals surface area contributed by atoms with Crippen molar-refractivity contribution in [3.63, 3.8) is 0 Å². The highest BCUT2D eigenvalue weighted by atomic mass is 16.4. The van der Waals surface area contributed by atoms with Gasteiger partial charge < -0.3 is 5.11 Å². The molecular weight excluding hydrogens is 452 g/mol. The summed E-state index contributed by atoms with van der Waals surface area (Å²) >= 11 is 0. The van der Waals surface area contributed by atoms with Crippen molar-refractivity contribution in [1.82, 2.24) is 0 Å². The zero-order chi connectivity index (χ0) is 26.2. The third-order valence-corrected chi connectivity index (χ3v) is 13.3. The largest absolute Gasteiger partial charge is 0.481 e. The van der Waals surface area contributed by atoms with Crippen LogP contribution in [0.3, 0.4) is 0 Å². The first kappa shape index (κ1) is 25.7. The summed E-state index contributed by atoms with van der Waals surface area (Å²) in [5, 5.41) is 10.3. The summed E-state index contributed by atoms with van der Waals surface area (Å²) in [5.74, 6) is 2.76. The van der Waals surface area contributed by atoms with E-state index in [2.05, 4.69) is 65.0 Å². The van der Waals surface area contributed by atoms with Crippen LogP contribution in [0.15, 0.2) is 30.3 Å². The first-order valence-corrected chi connectivity index (χ1v) is 15.6. The zero-order valence-corrected chi connectivity index (χ0v) is 24.1. The maximum Gasteiger partial charge on any atom is 0.309 e. The number of aliphatic carboxylic acids is 1. The Morgan fingerprint density at radius 2 is 1.73 bits per heavy atom. The fourth-order valence-electron chi connectivity index (χ4n) is 11.9. The fraction of sp³-hybridized carbons (Fsp3) is 0.743. The van der Waals surface area contributed by atoms with Gasteiger partial charge >= 0.3 is 5.97 Å². The van der Waals surface area contributed by atoms with E-state index >= 15 is 0 Å². The number of hydrogen-bond donors (Lipinski definition) is 1. The first-order chi connectivity index (χ1) is 17.6. The van der Waals surface area contributed by atoms with Crippen molar-refractivity contribution in [2.24, 2.45) is 51.2 Å². The Morgan fingerprint density at radius 1 is 0.919 bits per heavy atom. The molecule has 0 saturated heterocycles. The number of rotatable bonds is 4. The molecule has 5 aliphatic carbocycles. The molecule has 1 aromatic carbocycles. The summed E-state index contributed by atoms with van der Waals surface area (Å²) in [4.78, 5) is 12.5. The van der Waals surface area contributed by atoms with Crippen molar-refractivity contribution in [1.29, 1.82) is 0 Å². The van der Waals surface area contributed by atoms with E-state index in [9.17, 15) is 9.90 Å². The van der Waals surface area contributed by atoms with Gasteiger partial charge in [-0.1, -0.05) is 77.8 Å². The number of hydrogen-bond acceptors (Lipinski definition) is 1. The molecule has 1 N–H and O–H groups in total. The molecule has 0 bridgehead atoms. The average molecular weight is 503 g/mol. The lowest BCUT2D eigenvalue weighted by Crippen LogP contribution is -2.61. The summed E-state index contributed by atoms with van der Waals surface area (Å²) in [6.45, 7) is 12.7. The average Bonchev–Trinajstić information content (AvgIpc) is 3.30. The topological polar surface area (TPSA) is 37.3 Å². The van der Waals surface area contributed by atoms with Gasteiger partial charge in [0.05, 0.1) is 5.41 Å². The molecule has 0 radical (unpaired) electrons. The number of benzene rings is 1. The van der Waals surface area contributed by atoms with Crippen molar-refractivity contribution < 1.29 is 9.90 Å². The Balaban J connectivity index is 1.32. The van der Waals surface area contributed by atoms with Crippen LogP contribution in [0.4, 0.5) is 0 Å². The molecule has 37 heavy (non-hydrogen) atoms. The maximum atomic E-state index is 12.5. The third-order valence-electron chi connectivity index (χ3n) is 13.3. The minimum absolute atomic E-state index is 0.173. The van der Waals surface area contributed by atoms with Gasteiger partial charge in [0.15, 0.2) is 0 Å². The van der Waals surface area contributed by atoms with Crippen LogP contribution in [0.5, 0.6) is 0 Å². The quantitative estimate of drug-likeness (QED) is 0.445. The minimum atomic E-state index is -0.480. The second-order valence-electron chi connectivity index (χ2n) is 15.0. The van der Waals surface area contributed by atoms with E-state index in [0.29, 0.717) is 28.6 Å². The van der Waals surface area contributed by atoms with Crippen LogP contribution in [0.2, 0.25) is 0 Å². The van der Waals surface area contributed by atoms with E-state index in [-0.39, 0.29) is 5.41 Å². The van der Waals surface area contributed by atoms with Gasteiger partial charge in [-0.05, 0) is 127 Å².